The van der Waals surface area contributed by atoms with Crippen LogP contribution in [-0.2, 0) is 13.1 Å². The Morgan fingerprint density at radius 1 is 1.26 bits per heavy atom. The lowest BCUT2D eigenvalue weighted by Gasteiger charge is -2.29. The van der Waals surface area contributed by atoms with E-state index in [2.05, 4.69) is 54.2 Å². The van der Waals surface area contributed by atoms with E-state index in [9.17, 15) is 0 Å². The van der Waals surface area contributed by atoms with Gasteiger partial charge in [-0.25, -0.2) is 0 Å². The lowest BCUT2D eigenvalue weighted by Crippen LogP contribution is -2.34. The molecule has 0 bridgehead atoms. The van der Waals surface area contributed by atoms with Gasteiger partial charge in [-0.2, -0.15) is 0 Å². The van der Waals surface area contributed by atoms with Crippen molar-refractivity contribution in [1.82, 2.24) is 9.47 Å². The van der Waals surface area contributed by atoms with Gasteiger partial charge >= 0.3 is 0 Å². The molecule has 1 aromatic heterocycles. The highest BCUT2D eigenvalue weighted by Gasteiger charge is 2.20. The van der Waals surface area contributed by atoms with Gasteiger partial charge in [0.1, 0.15) is 0 Å². The van der Waals surface area contributed by atoms with Crippen molar-refractivity contribution >= 4 is 10.9 Å². The van der Waals surface area contributed by atoms with Gasteiger partial charge in [0.15, 0.2) is 0 Å². The molecule has 0 saturated carbocycles. The second-order valence-corrected chi connectivity index (χ2v) is 5.72. The topological polar surface area (TPSA) is 8.17 Å². The third-order valence-electron chi connectivity index (χ3n) is 4.23. The summed E-state index contributed by atoms with van der Waals surface area (Å²) in [4.78, 5) is 2.55. The van der Waals surface area contributed by atoms with E-state index in [1.54, 1.807) is 0 Å². The highest BCUT2D eigenvalue weighted by atomic mass is 15.2. The first-order valence-electron chi connectivity index (χ1n) is 7.10. The van der Waals surface area contributed by atoms with Gasteiger partial charge < -0.3 is 4.57 Å². The molecule has 2 nitrogen and oxygen atoms in total. The van der Waals surface area contributed by atoms with Crippen LogP contribution >= 0.6 is 0 Å². The third-order valence-corrected chi connectivity index (χ3v) is 4.23. The van der Waals surface area contributed by atoms with Gasteiger partial charge in [0, 0.05) is 42.8 Å². The first-order chi connectivity index (χ1) is 9.16. The molecule has 3 rings (SSSR count). The van der Waals surface area contributed by atoms with Gasteiger partial charge in [0.05, 0.1) is 0 Å². The highest BCUT2D eigenvalue weighted by Crippen LogP contribution is 2.28. The van der Waals surface area contributed by atoms with Crippen LogP contribution in [0.2, 0.25) is 0 Å². The molecule has 0 fully saturated rings. The Bertz CT molecular complexity index is 621. The minimum absolute atomic E-state index is 1.08. The average molecular weight is 254 g/mol. The summed E-state index contributed by atoms with van der Waals surface area (Å²) < 4.78 is 2.50. The van der Waals surface area contributed by atoms with Crippen LogP contribution in [0.5, 0.6) is 0 Å². The fraction of sp³-hybridized carbons (Fsp3) is 0.412. The Kier molecular flexibility index (Phi) is 3.19. The van der Waals surface area contributed by atoms with Crippen molar-refractivity contribution in [1.29, 1.82) is 0 Å². The van der Waals surface area contributed by atoms with Crippen LogP contribution < -0.4 is 0 Å². The van der Waals surface area contributed by atoms with Gasteiger partial charge in [0.25, 0.3) is 0 Å². The molecule has 0 radical (unpaired) electrons. The molecule has 0 N–H and O–H groups in total. The number of nitrogens with zero attached hydrogens (tertiary/aromatic N) is 2. The summed E-state index contributed by atoms with van der Waals surface area (Å²) in [6.45, 7) is 12.9. The molecule has 19 heavy (non-hydrogen) atoms. The maximum Gasteiger partial charge on any atom is 0.0486 e. The number of hydrogen-bond acceptors (Lipinski definition) is 1. The summed E-state index contributed by atoms with van der Waals surface area (Å²) in [6, 6.07) is 8.77. The smallest absolute Gasteiger partial charge is 0.0486 e. The zero-order valence-corrected chi connectivity index (χ0v) is 11.9. The maximum absolute atomic E-state index is 4.00. The first kappa shape index (κ1) is 12.5. The zero-order chi connectivity index (χ0) is 13.4. The molecule has 2 heteroatoms. The van der Waals surface area contributed by atoms with Crippen molar-refractivity contribution in [3.05, 3.63) is 47.7 Å². The number of para-hydroxylation sites is 1. The minimum atomic E-state index is 1.08. The molecule has 1 aliphatic rings. The Labute approximate surface area is 115 Å². The van der Waals surface area contributed by atoms with E-state index in [-0.39, 0.29) is 0 Å². The van der Waals surface area contributed by atoms with E-state index >= 15 is 0 Å². The molecule has 0 aliphatic carbocycles. The Morgan fingerprint density at radius 3 is 2.84 bits per heavy atom. The normalized spacial score (nSPS) is 15.7. The lowest BCUT2D eigenvalue weighted by molar-refractivity contribution is 0.225. The molecule has 0 atom stereocenters. The summed E-state index contributed by atoms with van der Waals surface area (Å²) >= 11 is 0. The van der Waals surface area contributed by atoms with Gasteiger partial charge in [-0.05, 0) is 31.9 Å². The molecule has 2 heterocycles. The van der Waals surface area contributed by atoms with Crippen molar-refractivity contribution < 1.29 is 0 Å². The first-order valence-corrected chi connectivity index (χ1v) is 7.10. The zero-order valence-electron chi connectivity index (χ0n) is 11.9. The highest BCUT2D eigenvalue weighted by molar-refractivity contribution is 5.85. The standard InChI is InChI=1S/C17H22N2/c1-13(2)8-9-18-10-11-19-16-7-5-4-6-15(16)14(3)17(19)12-18/h4-7H,1,8-12H2,2-3H3. The molecule has 0 amide bonds. The fourth-order valence-corrected chi connectivity index (χ4v) is 3.06. The predicted octanol–water partition coefficient (Wildman–Crippen LogP) is 3.73. The van der Waals surface area contributed by atoms with E-state index in [1.165, 1.54) is 27.7 Å². The summed E-state index contributed by atoms with van der Waals surface area (Å²) in [5.41, 5.74) is 5.63. The van der Waals surface area contributed by atoms with Crippen molar-refractivity contribution in [2.45, 2.75) is 33.4 Å². The summed E-state index contributed by atoms with van der Waals surface area (Å²) in [6.07, 6.45) is 1.11. The predicted molar refractivity (Wildman–Crippen MR) is 81.4 cm³/mol. The second kappa shape index (κ2) is 4.86. The van der Waals surface area contributed by atoms with Crippen LogP contribution in [0.3, 0.4) is 0 Å². The number of rotatable bonds is 3. The van der Waals surface area contributed by atoms with Crippen molar-refractivity contribution in [3.63, 3.8) is 0 Å². The third kappa shape index (κ3) is 2.21. The average Bonchev–Trinajstić information content (AvgIpc) is 2.71. The van der Waals surface area contributed by atoms with Crippen LogP contribution in [0.25, 0.3) is 10.9 Å². The number of benzene rings is 1. The van der Waals surface area contributed by atoms with Gasteiger partial charge in [-0.1, -0.05) is 23.8 Å². The number of aromatic nitrogens is 1. The molecule has 100 valence electrons. The molecule has 0 spiro atoms. The Morgan fingerprint density at radius 2 is 2.05 bits per heavy atom. The van der Waals surface area contributed by atoms with Crippen LogP contribution in [-0.4, -0.2) is 22.6 Å². The van der Waals surface area contributed by atoms with Crippen molar-refractivity contribution in [2.75, 3.05) is 13.1 Å². The van der Waals surface area contributed by atoms with E-state index in [0.29, 0.717) is 0 Å². The fourth-order valence-electron chi connectivity index (χ4n) is 3.06. The molecular formula is C17H22N2. The largest absolute Gasteiger partial charge is 0.342 e. The second-order valence-electron chi connectivity index (χ2n) is 5.72. The monoisotopic (exact) mass is 254 g/mol. The Balaban J connectivity index is 1.90. The van der Waals surface area contributed by atoms with Gasteiger partial charge in [-0.3, -0.25) is 4.90 Å². The van der Waals surface area contributed by atoms with Crippen LogP contribution in [0.4, 0.5) is 0 Å². The molecule has 0 saturated heterocycles. The summed E-state index contributed by atoms with van der Waals surface area (Å²) in [7, 11) is 0. The number of aryl methyl sites for hydroxylation is 1. The molecular weight excluding hydrogens is 232 g/mol. The quantitative estimate of drug-likeness (QED) is 0.758. The van der Waals surface area contributed by atoms with Crippen LogP contribution in [0.1, 0.15) is 24.6 Å². The maximum atomic E-state index is 4.00. The molecule has 0 unspecified atom stereocenters. The SMILES string of the molecule is C=C(C)CCN1CCn2c(c(C)c3ccccc32)C1. The molecule has 2 aromatic rings. The van der Waals surface area contributed by atoms with Crippen LogP contribution in [0, 0.1) is 6.92 Å². The lowest BCUT2D eigenvalue weighted by atomic mass is 10.1. The Hall–Kier alpha value is -1.54. The van der Waals surface area contributed by atoms with Crippen molar-refractivity contribution in [3.8, 4) is 0 Å². The van der Waals surface area contributed by atoms with E-state index in [0.717, 1.165) is 32.6 Å². The number of fused-ring (bicyclic) bond motifs is 3. The van der Waals surface area contributed by atoms with Gasteiger partial charge in [-0.15, -0.1) is 6.58 Å². The van der Waals surface area contributed by atoms with E-state index in [4.69, 9.17) is 0 Å². The van der Waals surface area contributed by atoms with Crippen LogP contribution in [0.15, 0.2) is 36.4 Å². The van der Waals surface area contributed by atoms with E-state index in [1.807, 2.05) is 0 Å². The van der Waals surface area contributed by atoms with Gasteiger partial charge in [0.2, 0.25) is 0 Å². The molecule has 1 aromatic carbocycles. The summed E-state index contributed by atoms with van der Waals surface area (Å²) in [5, 5.41) is 1.42. The minimum Gasteiger partial charge on any atom is -0.342 e. The molecule has 1 aliphatic heterocycles. The van der Waals surface area contributed by atoms with Crippen molar-refractivity contribution in [2.24, 2.45) is 0 Å². The summed E-state index contributed by atoms with van der Waals surface area (Å²) in [5.74, 6) is 0. The van der Waals surface area contributed by atoms with E-state index < -0.39 is 0 Å². The number of hydrogen-bond donors (Lipinski definition) is 0.